The molecule has 0 saturated heterocycles. The number of rotatable bonds is 6. The summed E-state index contributed by atoms with van der Waals surface area (Å²) in [6.45, 7) is 12.1. The van der Waals surface area contributed by atoms with Gasteiger partial charge in [-0.25, -0.2) is 4.98 Å². The van der Waals surface area contributed by atoms with Crippen LogP contribution in [0.2, 0.25) is 0 Å². The van der Waals surface area contributed by atoms with Gasteiger partial charge in [-0.3, -0.25) is 9.48 Å². The Balaban J connectivity index is 1.62. The van der Waals surface area contributed by atoms with Gasteiger partial charge >= 0.3 is 0 Å². The second-order valence-corrected chi connectivity index (χ2v) is 10.1. The van der Waals surface area contributed by atoms with E-state index in [4.69, 9.17) is 0 Å². The Morgan fingerprint density at radius 1 is 1.12 bits per heavy atom. The molecule has 1 aliphatic heterocycles. The molecule has 1 aromatic carbocycles. The van der Waals surface area contributed by atoms with Gasteiger partial charge in [-0.2, -0.15) is 10.1 Å². The molecule has 9 heteroatoms. The Kier molecular flexibility index (Phi) is 6.56. The molecule has 1 amide bonds. The molecular weight excluding hydrogens is 428 g/mol. The molecule has 3 aromatic rings. The van der Waals surface area contributed by atoms with Gasteiger partial charge in [0.15, 0.2) is 5.82 Å². The van der Waals surface area contributed by atoms with Crippen LogP contribution >= 0.6 is 0 Å². The molecule has 0 saturated carbocycles. The summed E-state index contributed by atoms with van der Waals surface area (Å²) in [5.41, 5.74) is 3.81. The van der Waals surface area contributed by atoms with E-state index < -0.39 is 0 Å². The monoisotopic (exact) mass is 462 g/mol. The summed E-state index contributed by atoms with van der Waals surface area (Å²) in [5, 5.41) is 14.0. The van der Waals surface area contributed by atoms with Crippen LogP contribution in [0.1, 0.15) is 56.1 Å². The zero-order valence-corrected chi connectivity index (χ0v) is 20.8. The molecule has 0 fully saturated rings. The summed E-state index contributed by atoms with van der Waals surface area (Å²) in [6.07, 6.45) is 4.46. The molecular formula is C25H34N8O. The van der Waals surface area contributed by atoms with Crippen LogP contribution in [-0.2, 0) is 18.5 Å². The molecule has 0 spiro atoms. The van der Waals surface area contributed by atoms with Crippen LogP contribution in [0.5, 0.6) is 0 Å². The number of benzene rings is 1. The molecule has 34 heavy (non-hydrogen) atoms. The zero-order valence-electron chi connectivity index (χ0n) is 20.8. The number of carbonyl (C=O) groups is 1. The Labute approximate surface area is 201 Å². The largest absolute Gasteiger partial charge is 0.350 e. The van der Waals surface area contributed by atoms with Crippen molar-refractivity contribution < 1.29 is 4.79 Å². The first-order valence-corrected chi connectivity index (χ1v) is 11.7. The van der Waals surface area contributed by atoms with Crippen molar-refractivity contribution in [3.05, 3.63) is 53.3 Å². The van der Waals surface area contributed by atoms with E-state index in [-0.39, 0.29) is 17.5 Å². The molecule has 180 valence electrons. The highest BCUT2D eigenvalue weighted by atomic mass is 16.1. The van der Waals surface area contributed by atoms with Crippen LogP contribution in [0.25, 0.3) is 0 Å². The van der Waals surface area contributed by atoms with Gasteiger partial charge in [0, 0.05) is 43.3 Å². The fourth-order valence-corrected chi connectivity index (χ4v) is 3.83. The molecule has 3 N–H and O–H groups in total. The van der Waals surface area contributed by atoms with E-state index in [1.165, 1.54) is 11.1 Å². The van der Waals surface area contributed by atoms with Gasteiger partial charge < -0.3 is 20.9 Å². The summed E-state index contributed by atoms with van der Waals surface area (Å²) >= 11 is 0. The van der Waals surface area contributed by atoms with Crippen molar-refractivity contribution in [3.63, 3.8) is 0 Å². The number of aromatic nitrogens is 4. The third-order valence-corrected chi connectivity index (χ3v) is 5.64. The van der Waals surface area contributed by atoms with Crippen LogP contribution in [0, 0.1) is 0 Å². The van der Waals surface area contributed by atoms with E-state index >= 15 is 0 Å². The van der Waals surface area contributed by atoms with Crippen molar-refractivity contribution in [2.75, 3.05) is 24.2 Å². The summed E-state index contributed by atoms with van der Waals surface area (Å²) < 4.78 is 1.87. The number of fused-ring (bicyclic) bond motifs is 1. The van der Waals surface area contributed by atoms with Crippen LogP contribution in [-0.4, -0.2) is 50.2 Å². The Hall–Kier alpha value is -3.46. The predicted octanol–water partition coefficient (Wildman–Crippen LogP) is 4.04. The lowest BCUT2D eigenvalue weighted by Gasteiger charge is -2.25. The van der Waals surface area contributed by atoms with Crippen molar-refractivity contribution in [1.29, 1.82) is 0 Å². The maximum Gasteiger partial charge on any atom is 0.256 e. The lowest BCUT2D eigenvalue weighted by Crippen LogP contribution is -2.31. The zero-order chi connectivity index (χ0) is 24.5. The molecule has 0 radical (unpaired) electrons. The fraction of sp³-hybridized carbons (Fsp3) is 0.440. The standard InChI is InChI=1S/C25H34N8O/c1-16(2)27-23(34)20-14-26-24(28-19-8-7-18-15-32(6)11-9-17(18)13-19)30-22(20)29-21-10-12-33(31-21)25(3,4)5/h7-8,10,12-14,16H,9,11,15H2,1-6H3,(H,27,34)(H2,26,28,29,30,31). The first kappa shape index (κ1) is 23.7. The van der Waals surface area contributed by atoms with E-state index in [1.54, 1.807) is 6.20 Å². The van der Waals surface area contributed by atoms with Crippen LogP contribution in [0.3, 0.4) is 0 Å². The number of likely N-dealkylation sites (N-methyl/N-ethyl adjacent to an activating group) is 1. The van der Waals surface area contributed by atoms with Gasteiger partial charge in [0.1, 0.15) is 11.4 Å². The summed E-state index contributed by atoms with van der Waals surface area (Å²) in [6, 6.07) is 8.20. The molecule has 1 aliphatic rings. The van der Waals surface area contributed by atoms with Crippen molar-refractivity contribution in [3.8, 4) is 0 Å². The molecule has 0 atom stereocenters. The van der Waals surface area contributed by atoms with Crippen LogP contribution in [0.15, 0.2) is 36.7 Å². The first-order valence-electron chi connectivity index (χ1n) is 11.7. The smallest absolute Gasteiger partial charge is 0.256 e. The van der Waals surface area contributed by atoms with Gasteiger partial charge in [-0.1, -0.05) is 6.07 Å². The van der Waals surface area contributed by atoms with Gasteiger partial charge in [0.25, 0.3) is 5.91 Å². The fourth-order valence-electron chi connectivity index (χ4n) is 3.83. The average molecular weight is 463 g/mol. The highest BCUT2D eigenvalue weighted by molar-refractivity contribution is 5.99. The SMILES string of the molecule is CC(C)NC(=O)c1cnc(Nc2ccc3c(c2)CCN(C)C3)nc1Nc1ccn(C(C)(C)C)n1. The Bertz CT molecular complexity index is 1180. The highest BCUT2D eigenvalue weighted by Gasteiger charge is 2.19. The third kappa shape index (κ3) is 5.53. The van der Waals surface area contributed by atoms with Crippen molar-refractivity contribution in [2.24, 2.45) is 0 Å². The Morgan fingerprint density at radius 2 is 1.91 bits per heavy atom. The lowest BCUT2D eigenvalue weighted by atomic mass is 9.99. The minimum absolute atomic E-state index is 0.00668. The quantitative estimate of drug-likeness (QED) is 0.508. The van der Waals surface area contributed by atoms with Crippen molar-refractivity contribution >= 4 is 29.2 Å². The van der Waals surface area contributed by atoms with Gasteiger partial charge in [0.2, 0.25) is 5.95 Å². The molecule has 4 rings (SSSR count). The second-order valence-electron chi connectivity index (χ2n) is 10.1. The molecule has 0 unspecified atom stereocenters. The van der Waals surface area contributed by atoms with Gasteiger partial charge in [-0.05, 0) is 71.3 Å². The maximum atomic E-state index is 12.8. The number of nitrogens with one attached hydrogen (secondary N) is 3. The summed E-state index contributed by atoms with van der Waals surface area (Å²) in [4.78, 5) is 24.2. The molecule has 3 heterocycles. The third-order valence-electron chi connectivity index (χ3n) is 5.64. The number of hydrogen-bond donors (Lipinski definition) is 3. The van der Waals surface area contributed by atoms with E-state index in [0.29, 0.717) is 23.1 Å². The van der Waals surface area contributed by atoms with E-state index in [1.807, 2.05) is 36.9 Å². The summed E-state index contributed by atoms with van der Waals surface area (Å²) in [5.74, 6) is 1.18. The van der Waals surface area contributed by atoms with Gasteiger partial charge in [0.05, 0.1) is 5.54 Å². The Morgan fingerprint density at radius 3 is 2.62 bits per heavy atom. The first-order chi connectivity index (χ1) is 16.1. The van der Waals surface area contributed by atoms with Crippen LogP contribution in [0.4, 0.5) is 23.3 Å². The van der Waals surface area contributed by atoms with E-state index in [9.17, 15) is 4.79 Å². The van der Waals surface area contributed by atoms with Crippen LogP contribution < -0.4 is 16.0 Å². The molecule has 0 aliphatic carbocycles. The van der Waals surface area contributed by atoms with Crippen molar-refractivity contribution in [2.45, 2.75) is 59.2 Å². The number of hydrogen-bond acceptors (Lipinski definition) is 7. The number of nitrogens with zero attached hydrogens (tertiary/aromatic N) is 5. The molecule has 9 nitrogen and oxygen atoms in total. The van der Waals surface area contributed by atoms with E-state index in [0.717, 1.165) is 25.2 Å². The maximum absolute atomic E-state index is 12.8. The topological polar surface area (TPSA) is 100 Å². The minimum Gasteiger partial charge on any atom is -0.350 e. The van der Waals surface area contributed by atoms with E-state index in [2.05, 4.69) is 75.9 Å². The average Bonchev–Trinajstić information content (AvgIpc) is 3.23. The van der Waals surface area contributed by atoms with Crippen molar-refractivity contribution in [1.82, 2.24) is 30.0 Å². The minimum atomic E-state index is -0.239. The normalized spacial score (nSPS) is 14.1. The molecule has 2 aromatic heterocycles. The van der Waals surface area contributed by atoms with Gasteiger partial charge in [-0.15, -0.1) is 0 Å². The highest BCUT2D eigenvalue weighted by Crippen LogP contribution is 2.25. The second kappa shape index (κ2) is 9.42. The lowest BCUT2D eigenvalue weighted by molar-refractivity contribution is 0.0943. The number of amides is 1. The number of anilines is 4. The summed E-state index contributed by atoms with van der Waals surface area (Å²) in [7, 11) is 2.14. The molecule has 0 bridgehead atoms. The number of carbonyl (C=O) groups excluding carboxylic acids is 1. The predicted molar refractivity (Wildman–Crippen MR) is 135 cm³/mol.